The average Bonchev–Trinajstić information content (AvgIpc) is 2.55. The molecule has 0 bridgehead atoms. The third kappa shape index (κ3) is 3.82. The standard InChI is InChI=1S/C16H19NO3S2/c1-13(12-21)17(2)22(18,19)16-10-8-15(9-11-16)20-14-6-4-3-5-7-14/h3-11,13,21H,12H2,1-2H3/t13-/m1/s1. The monoisotopic (exact) mass is 337 g/mol. The lowest BCUT2D eigenvalue weighted by atomic mass is 10.3. The van der Waals surface area contributed by atoms with Crippen LogP contribution in [0.25, 0.3) is 0 Å². The molecule has 4 nitrogen and oxygen atoms in total. The zero-order valence-electron chi connectivity index (χ0n) is 12.5. The Labute approximate surface area is 137 Å². The van der Waals surface area contributed by atoms with Gasteiger partial charge >= 0.3 is 0 Å². The number of benzene rings is 2. The fourth-order valence-corrected chi connectivity index (χ4v) is 3.54. The van der Waals surface area contributed by atoms with E-state index in [0.717, 1.165) is 0 Å². The maximum atomic E-state index is 12.5. The Balaban J connectivity index is 2.18. The van der Waals surface area contributed by atoms with Crippen molar-refractivity contribution in [2.75, 3.05) is 12.8 Å². The molecule has 0 amide bonds. The minimum atomic E-state index is -3.51. The van der Waals surface area contributed by atoms with Gasteiger partial charge in [0.25, 0.3) is 0 Å². The van der Waals surface area contributed by atoms with Gasteiger partial charge in [-0.05, 0) is 43.3 Å². The molecule has 0 heterocycles. The number of nitrogens with zero attached hydrogens (tertiary/aromatic N) is 1. The predicted molar refractivity (Wildman–Crippen MR) is 91.2 cm³/mol. The van der Waals surface area contributed by atoms with Crippen molar-refractivity contribution in [1.82, 2.24) is 4.31 Å². The molecule has 0 aromatic heterocycles. The molecule has 1 atom stereocenters. The summed E-state index contributed by atoms with van der Waals surface area (Å²) in [6.45, 7) is 1.82. The molecule has 0 N–H and O–H groups in total. The molecule has 0 radical (unpaired) electrons. The zero-order valence-corrected chi connectivity index (χ0v) is 14.2. The van der Waals surface area contributed by atoms with Crippen molar-refractivity contribution in [3.05, 3.63) is 54.6 Å². The lowest BCUT2D eigenvalue weighted by molar-refractivity contribution is 0.415. The van der Waals surface area contributed by atoms with Crippen LogP contribution in [0.3, 0.4) is 0 Å². The highest BCUT2D eigenvalue weighted by Gasteiger charge is 2.24. The molecule has 2 rings (SSSR count). The Hall–Kier alpha value is -1.50. The zero-order chi connectivity index (χ0) is 16.2. The van der Waals surface area contributed by atoms with Gasteiger partial charge in [-0.25, -0.2) is 8.42 Å². The Kier molecular flexibility index (Phi) is 5.50. The Morgan fingerprint density at radius 2 is 1.59 bits per heavy atom. The SMILES string of the molecule is C[C@H](CS)N(C)S(=O)(=O)c1ccc(Oc2ccccc2)cc1. The van der Waals surface area contributed by atoms with Crippen LogP contribution in [0.5, 0.6) is 11.5 Å². The number of hydrogen-bond donors (Lipinski definition) is 1. The second-order valence-electron chi connectivity index (χ2n) is 4.94. The van der Waals surface area contributed by atoms with E-state index >= 15 is 0 Å². The van der Waals surface area contributed by atoms with E-state index in [1.807, 2.05) is 37.3 Å². The van der Waals surface area contributed by atoms with Crippen LogP contribution in [0.4, 0.5) is 0 Å². The summed E-state index contributed by atoms with van der Waals surface area (Å²) in [4.78, 5) is 0.240. The van der Waals surface area contributed by atoms with Gasteiger partial charge in [0.1, 0.15) is 11.5 Å². The highest BCUT2D eigenvalue weighted by atomic mass is 32.2. The molecule has 0 saturated carbocycles. The largest absolute Gasteiger partial charge is 0.457 e. The molecule has 0 aliphatic carbocycles. The fraction of sp³-hybridized carbons (Fsp3) is 0.250. The first kappa shape index (κ1) is 16.9. The van der Waals surface area contributed by atoms with Crippen LogP contribution in [0.1, 0.15) is 6.92 Å². The molecule has 0 aliphatic heterocycles. The van der Waals surface area contributed by atoms with E-state index < -0.39 is 10.0 Å². The van der Waals surface area contributed by atoms with Gasteiger partial charge in [-0.3, -0.25) is 0 Å². The summed E-state index contributed by atoms with van der Waals surface area (Å²) in [5.74, 6) is 1.76. The molecular formula is C16H19NO3S2. The fourth-order valence-electron chi connectivity index (χ4n) is 1.82. The molecule has 6 heteroatoms. The van der Waals surface area contributed by atoms with E-state index in [-0.39, 0.29) is 10.9 Å². The van der Waals surface area contributed by atoms with Crippen molar-refractivity contribution in [3.8, 4) is 11.5 Å². The van der Waals surface area contributed by atoms with Crippen LogP contribution in [-0.2, 0) is 10.0 Å². The van der Waals surface area contributed by atoms with Crippen LogP contribution >= 0.6 is 12.6 Å². The number of rotatable bonds is 6. The van der Waals surface area contributed by atoms with Gasteiger partial charge in [0.05, 0.1) is 4.90 Å². The summed E-state index contributed by atoms with van der Waals surface area (Å²) >= 11 is 4.14. The number of ether oxygens (including phenoxy) is 1. The summed E-state index contributed by atoms with van der Waals surface area (Å²) < 4.78 is 31.9. The lowest BCUT2D eigenvalue weighted by Crippen LogP contribution is -2.36. The second kappa shape index (κ2) is 7.17. The summed E-state index contributed by atoms with van der Waals surface area (Å²) in [5.41, 5.74) is 0. The maximum Gasteiger partial charge on any atom is 0.243 e. The first-order valence-electron chi connectivity index (χ1n) is 6.87. The van der Waals surface area contributed by atoms with E-state index in [2.05, 4.69) is 12.6 Å². The predicted octanol–water partition coefficient (Wildman–Crippen LogP) is 3.42. The van der Waals surface area contributed by atoms with Crippen LogP contribution in [-0.4, -0.2) is 31.6 Å². The number of hydrogen-bond acceptors (Lipinski definition) is 4. The summed E-state index contributed by atoms with van der Waals surface area (Å²) in [6, 6.07) is 15.6. The van der Waals surface area contributed by atoms with Crippen LogP contribution in [0, 0.1) is 0 Å². The Morgan fingerprint density at radius 1 is 1.05 bits per heavy atom. The summed E-state index contributed by atoms with van der Waals surface area (Å²) in [7, 11) is -1.95. The lowest BCUT2D eigenvalue weighted by Gasteiger charge is -2.22. The molecule has 0 aliphatic rings. The molecule has 22 heavy (non-hydrogen) atoms. The second-order valence-corrected chi connectivity index (χ2v) is 7.30. The van der Waals surface area contributed by atoms with Crippen LogP contribution in [0.2, 0.25) is 0 Å². The van der Waals surface area contributed by atoms with Crippen molar-refractivity contribution in [1.29, 1.82) is 0 Å². The molecule has 0 fully saturated rings. The Bertz CT molecular complexity index is 700. The minimum absolute atomic E-state index is 0.173. The third-order valence-corrected chi connectivity index (χ3v) is 5.88. The molecule has 0 saturated heterocycles. The third-order valence-electron chi connectivity index (χ3n) is 3.36. The van der Waals surface area contributed by atoms with Gasteiger partial charge in [-0.15, -0.1) is 0 Å². The first-order chi connectivity index (χ1) is 10.4. The molecule has 0 unspecified atom stereocenters. The highest BCUT2D eigenvalue weighted by Crippen LogP contribution is 2.24. The first-order valence-corrected chi connectivity index (χ1v) is 8.94. The molecule has 2 aromatic rings. The van der Waals surface area contributed by atoms with E-state index in [4.69, 9.17) is 4.74 Å². The highest BCUT2D eigenvalue weighted by molar-refractivity contribution is 7.89. The topological polar surface area (TPSA) is 46.6 Å². The van der Waals surface area contributed by atoms with Gasteiger partial charge in [-0.1, -0.05) is 18.2 Å². The number of sulfonamides is 1. The molecule has 0 spiro atoms. The average molecular weight is 337 g/mol. The van der Waals surface area contributed by atoms with E-state index in [1.165, 1.54) is 4.31 Å². The van der Waals surface area contributed by atoms with Crippen LogP contribution in [0.15, 0.2) is 59.5 Å². The molecule has 2 aromatic carbocycles. The van der Waals surface area contributed by atoms with Gasteiger partial charge < -0.3 is 4.74 Å². The van der Waals surface area contributed by atoms with Gasteiger partial charge in [0, 0.05) is 18.8 Å². The van der Waals surface area contributed by atoms with E-state index in [0.29, 0.717) is 17.3 Å². The maximum absolute atomic E-state index is 12.5. The van der Waals surface area contributed by atoms with Gasteiger partial charge in [0.15, 0.2) is 0 Å². The van der Waals surface area contributed by atoms with Gasteiger partial charge in [-0.2, -0.15) is 16.9 Å². The van der Waals surface area contributed by atoms with Gasteiger partial charge in [0.2, 0.25) is 10.0 Å². The normalized spacial score (nSPS) is 13.1. The minimum Gasteiger partial charge on any atom is -0.457 e. The summed E-state index contributed by atoms with van der Waals surface area (Å²) in [5, 5.41) is 0. The smallest absolute Gasteiger partial charge is 0.243 e. The summed E-state index contributed by atoms with van der Waals surface area (Å²) in [6.07, 6.45) is 0. The van der Waals surface area contributed by atoms with Crippen molar-refractivity contribution in [2.24, 2.45) is 0 Å². The number of para-hydroxylation sites is 1. The molecule has 118 valence electrons. The Morgan fingerprint density at radius 3 is 2.14 bits per heavy atom. The van der Waals surface area contributed by atoms with E-state index in [9.17, 15) is 8.42 Å². The molecular weight excluding hydrogens is 318 g/mol. The number of thiol groups is 1. The van der Waals surface area contributed by atoms with Crippen molar-refractivity contribution in [2.45, 2.75) is 17.9 Å². The van der Waals surface area contributed by atoms with Crippen LogP contribution < -0.4 is 4.74 Å². The van der Waals surface area contributed by atoms with Crippen molar-refractivity contribution < 1.29 is 13.2 Å². The van der Waals surface area contributed by atoms with Crippen molar-refractivity contribution >= 4 is 22.7 Å². The van der Waals surface area contributed by atoms with Crippen molar-refractivity contribution in [3.63, 3.8) is 0 Å². The quantitative estimate of drug-likeness (QED) is 0.822. The van der Waals surface area contributed by atoms with E-state index in [1.54, 1.807) is 31.3 Å².